The molecule has 2 aliphatic rings. The second-order valence-corrected chi connectivity index (χ2v) is 6.57. The molecule has 0 radical (unpaired) electrons. The Morgan fingerprint density at radius 2 is 2.13 bits per heavy atom. The Morgan fingerprint density at radius 3 is 2.74 bits per heavy atom. The van der Waals surface area contributed by atoms with Crippen molar-refractivity contribution >= 4 is 17.6 Å². The van der Waals surface area contributed by atoms with E-state index < -0.39 is 0 Å². The lowest BCUT2D eigenvalue weighted by molar-refractivity contribution is -0.125. The molecule has 3 rings (SSSR count). The van der Waals surface area contributed by atoms with Gasteiger partial charge in [0, 0.05) is 32.3 Å². The minimum atomic E-state index is -0.384. The zero-order valence-corrected chi connectivity index (χ0v) is 13.5. The molecule has 124 valence electrons. The van der Waals surface area contributed by atoms with E-state index in [-0.39, 0.29) is 17.9 Å². The SMILES string of the molecule is CC1CCN(c2ccc(CNC(=O)[C@@H]3CCC(=O)N3)cn2)CC1. The molecule has 1 aromatic heterocycles. The summed E-state index contributed by atoms with van der Waals surface area (Å²) in [5.74, 6) is 1.64. The van der Waals surface area contributed by atoms with Crippen molar-refractivity contribution in [1.29, 1.82) is 0 Å². The fourth-order valence-corrected chi connectivity index (χ4v) is 3.07. The molecule has 2 fully saturated rings. The molecular formula is C17H24N4O2. The van der Waals surface area contributed by atoms with Gasteiger partial charge >= 0.3 is 0 Å². The van der Waals surface area contributed by atoms with Crippen LogP contribution < -0.4 is 15.5 Å². The van der Waals surface area contributed by atoms with Gasteiger partial charge < -0.3 is 15.5 Å². The third-order valence-corrected chi connectivity index (χ3v) is 4.70. The zero-order chi connectivity index (χ0) is 16.2. The zero-order valence-electron chi connectivity index (χ0n) is 13.5. The predicted octanol–water partition coefficient (Wildman–Crippen LogP) is 1.21. The Kier molecular flexibility index (Phi) is 4.79. The van der Waals surface area contributed by atoms with Gasteiger partial charge in [-0.15, -0.1) is 0 Å². The highest BCUT2D eigenvalue weighted by Gasteiger charge is 2.26. The molecule has 6 heteroatoms. The Balaban J connectivity index is 1.49. The first-order valence-electron chi connectivity index (χ1n) is 8.39. The van der Waals surface area contributed by atoms with Gasteiger partial charge in [0.15, 0.2) is 0 Å². The van der Waals surface area contributed by atoms with E-state index in [1.165, 1.54) is 12.8 Å². The maximum Gasteiger partial charge on any atom is 0.242 e. The number of hydrogen-bond acceptors (Lipinski definition) is 4. The van der Waals surface area contributed by atoms with E-state index in [2.05, 4.69) is 27.4 Å². The third-order valence-electron chi connectivity index (χ3n) is 4.70. The predicted molar refractivity (Wildman–Crippen MR) is 87.9 cm³/mol. The lowest BCUT2D eigenvalue weighted by atomic mass is 9.99. The summed E-state index contributed by atoms with van der Waals surface area (Å²) in [6.07, 6.45) is 5.26. The van der Waals surface area contributed by atoms with Crippen LogP contribution in [0.3, 0.4) is 0 Å². The standard InChI is InChI=1S/C17H24N4O2/c1-12-6-8-21(9-7-12)15-4-2-13(10-18-15)11-19-17(23)14-3-5-16(22)20-14/h2,4,10,12,14H,3,5-9,11H2,1H3,(H,19,23)(H,20,22)/t14-/m0/s1. The Bertz CT molecular complexity index is 564. The summed E-state index contributed by atoms with van der Waals surface area (Å²) < 4.78 is 0. The molecule has 2 amide bonds. The van der Waals surface area contributed by atoms with Crippen LogP contribution in [0.1, 0.15) is 38.2 Å². The van der Waals surface area contributed by atoms with Crippen molar-refractivity contribution in [2.24, 2.45) is 5.92 Å². The average Bonchev–Trinajstić information content (AvgIpc) is 3.00. The summed E-state index contributed by atoms with van der Waals surface area (Å²) in [5.41, 5.74) is 0.969. The Labute approximate surface area is 136 Å². The van der Waals surface area contributed by atoms with Crippen molar-refractivity contribution in [2.75, 3.05) is 18.0 Å². The van der Waals surface area contributed by atoms with Crippen molar-refractivity contribution in [2.45, 2.75) is 45.2 Å². The van der Waals surface area contributed by atoms with Crippen LogP contribution in [-0.4, -0.2) is 35.9 Å². The number of anilines is 1. The third kappa shape index (κ3) is 4.00. The average molecular weight is 316 g/mol. The van der Waals surface area contributed by atoms with E-state index in [1.54, 1.807) is 0 Å². The summed E-state index contributed by atoms with van der Waals surface area (Å²) in [7, 11) is 0. The first-order chi connectivity index (χ1) is 11.1. The summed E-state index contributed by atoms with van der Waals surface area (Å²) in [5, 5.41) is 5.53. The van der Waals surface area contributed by atoms with Gasteiger partial charge in [-0.1, -0.05) is 13.0 Å². The van der Waals surface area contributed by atoms with E-state index in [0.717, 1.165) is 30.4 Å². The van der Waals surface area contributed by atoms with Crippen LogP contribution >= 0.6 is 0 Å². The van der Waals surface area contributed by atoms with Crippen molar-refractivity contribution in [1.82, 2.24) is 15.6 Å². The molecule has 0 aliphatic carbocycles. The van der Waals surface area contributed by atoms with Crippen LogP contribution in [0.5, 0.6) is 0 Å². The molecule has 2 saturated heterocycles. The van der Waals surface area contributed by atoms with Gasteiger partial charge in [0.25, 0.3) is 0 Å². The summed E-state index contributed by atoms with van der Waals surface area (Å²) in [4.78, 5) is 29.9. The number of nitrogens with one attached hydrogen (secondary N) is 2. The van der Waals surface area contributed by atoms with E-state index in [9.17, 15) is 9.59 Å². The molecule has 2 N–H and O–H groups in total. The molecule has 2 aliphatic heterocycles. The van der Waals surface area contributed by atoms with Crippen molar-refractivity contribution in [3.05, 3.63) is 23.9 Å². The molecule has 1 atom stereocenters. The minimum absolute atomic E-state index is 0.0491. The number of carbonyl (C=O) groups is 2. The van der Waals surface area contributed by atoms with E-state index >= 15 is 0 Å². The molecule has 6 nitrogen and oxygen atoms in total. The van der Waals surface area contributed by atoms with Crippen LogP contribution in [0.15, 0.2) is 18.3 Å². The molecule has 1 aromatic rings. The van der Waals surface area contributed by atoms with Gasteiger partial charge in [0.2, 0.25) is 11.8 Å². The first-order valence-corrected chi connectivity index (χ1v) is 8.39. The summed E-state index contributed by atoms with van der Waals surface area (Å²) in [6, 6.07) is 3.65. The maximum absolute atomic E-state index is 12.0. The molecule has 0 spiro atoms. The van der Waals surface area contributed by atoms with Crippen LogP contribution in [0.4, 0.5) is 5.82 Å². The quantitative estimate of drug-likeness (QED) is 0.876. The molecule has 0 bridgehead atoms. The highest BCUT2D eigenvalue weighted by molar-refractivity contribution is 5.90. The monoisotopic (exact) mass is 316 g/mol. The summed E-state index contributed by atoms with van der Waals surface area (Å²) >= 11 is 0. The maximum atomic E-state index is 12.0. The molecular weight excluding hydrogens is 292 g/mol. The van der Waals surface area contributed by atoms with Crippen LogP contribution in [0.2, 0.25) is 0 Å². The Hall–Kier alpha value is -2.11. The van der Waals surface area contributed by atoms with Crippen LogP contribution in [-0.2, 0) is 16.1 Å². The normalized spacial score (nSPS) is 22.0. The van der Waals surface area contributed by atoms with Gasteiger partial charge in [0.1, 0.15) is 11.9 Å². The van der Waals surface area contributed by atoms with Crippen molar-refractivity contribution in [3.63, 3.8) is 0 Å². The number of hydrogen-bond donors (Lipinski definition) is 2. The number of carbonyl (C=O) groups excluding carboxylic acids is 2. The highest BCUT2D eigenvalue weighted by Crippen LogP contribution is 2.21. The number of nitrogens with zero attached hydrogens (tertiary/aromatic N) is 2. The van der Waals surface area contributed by atoms with Gasteiger partial charge in [-0.25, -0.2) is 4.98 Å². The van der Waals surface area contributed by atoms with E-state index in [0.29, 0.717) is 19.4 Å². The fourth-order valence-electron chi connectivity index (χ4n) is 3.07. The number of piperidine rings is 1. The molecule has 3 heterocycles. The topological polar surface area (TPSA) is 74.3 Å². The number of amides is 2. The number of rotatable bonds is 4. The molecule has 0 unspecified atom stereocenters. The number of pyridine rings is 1. The van der Waals surface area contributed by atoms with Crippen LogP contribution in [0, 0.1) is 5.92 Å². The fraction of sp³-hybridized carbons (Fsp3) is 0.588. The molecule has 0 aromatic carbocycles. The van der Waals surface area contributed by atoms with Gasteiger partial charge in [-0.3, -0.25) is 9.59 Å². The van der Waals surface area contributed by atoms with Gasteiger partial charge in [-0.05, 0) is 36.8 Å². The second kappa shape index (κ2) is 6.98. The molecule has 0 saturated carbocycles. The van der Waals surface area contributed by atoms with E-state index in [1.807, 2.05) is 18.3 Å². The largest absolute Gasteiger partial charge is 0.357 e. The van der Waals surface area contributed by atoms with Crippen molar-refractivity contribution < 1.29 is 9.59 Å². The van der Waals surface area contributed by atoms with Crippen molar-refractivity contribution in [3.8, 4) is 0 Å². The minimum Gasteiger partial charge on any atom is -0.357 e. The lowest BCUT2D eigenvalue weighted by Crippen LogP contribution is -2.41. The highest BCUT2D eigenvalue weighted by atomic mass is 16.2. The Morgan fingerprint density at radius 1 is 1.35 bits per heavy atom. The molecule has 23 heavy (non-hydrogen) atoms. The first kappa shape index (κ1) is 15.8. The van der Waals surface area contributed by atoms with E-state index in [4.69, 9.17) is 0 Å². The van der Waals surface area contributed by atoms with Gasteiger partial charge in [-0.2, -0.15) is 0 Å². The van der Waals surface area contributed by atoms with Crippen LogP contribution in [0.25, 0.3) is 0 Å². The number of aromatic nitrogens is 1. The lowest BCUT2D eigenvalue weighted by Gasteiger charge is -2.31. The second-order valence-electron chi connectivity index (χ2n) is 6.57. The smallest absolute Gasteiger partial charge is 0.242 e. The van der Waals surface area contributed by atoms with Gasteiger partial charge in [0.05, 0.1) is 0 Å². The summed E-state index contributed by atoms with van der Waals surface area (Å²) in [6.45, 7) is 4.86.